The fourth-order valence-corrected chi connectivity index (χ4v) is 6.78. The van der Waals surface area contributed by atoms with E-state index in [-0.39, 0.29) is 24.2 Å². The fourth-order valence-electron chi connectivity index (χ4n) is 6.78. The Labute approximate surface area is 308 Å². The maximum atomic E-state index is 13.5. The maximum absolute atomic E-state index is 13.5. The maximum Gasteiger partial charge on any atom is 0.410 e. The lowest BCUT2D eigenvalue weighted by Crippen LogP contribution is -2.55. The number of ether oxygens (including phenoxy) is 6. The molecule has 4 aromatic carbocycles. The standard InChI is InChI=1S/C43H54N2O7/c1-43(2,3)52-42(46)45-29-39(50-27-22-44-20-25-47-26-21-44)41(40(30-45)51-32-34-14-15-35-12-7-8-13-37(35)28-34)36-16-18-38(19-17-36)49-24-9-23-48-31-33-10-5-4-6-11-33/h4-8,10-19,28,39-41H,9,20-27,29-32H2,1-3H3. The van der Waals surface area contributed by atoms with Crippen LogP contribution in [0.4, 0.5) is 4.79 Å². The molecule has 3 atom stereocenters. The van der Waals surface area contributed by atoms with E-state index in [0.717, 1.165) is 56.1 Å². The molecule has 9 nitrogen and oxygen atoms in total. The quantitative estimate of drug-likeness (QED) is 0.118. The van der Waals surface area contributed by atoms with Gasteiger partial charge in [0.1, 0.15) is 11.4 Å². The first kappa shape index (κ1) is 37.8. The van der Waals surface area contributed by atoms with Crippen LogP contribution in [-0.4, -0.2) is 99.5 Å². The number of carbonyl (C=O) groups is 1. The summed E-state index contributed by atoms with van der Waals surface area (Å²) in [5.41, 5.74) is 2.71. The summed E-state index contributed by atoms with van der Waals surface area (Å²) >= 11 is 0. The van der Waals surface area contributed by atoms with Crippen molar-refractivity contribution in [2.24, 2.45) is 0 Å². The number of amides is 1. The number of piperidine rings is 1. The third-order valence-electron chi connectivity index (χ3n) is 9.45. The lowest BCUT2D eigenvalue weighted by molar-refractivity contribution is -0.0993. The van der Waals surface area contributed by atoms with Gasteiger partial charge in [-0.2, -0.15) is 0 Å². The van der Waals surface area contributed by atoms with E-state index < -0.39 is 5.60 Å². The first-order valence-electron chi connectivity index (χ1n) is 18.6. The highest BCUT2D eigenvalue weighted by Gasteiger charge is 2.42. The smallest absolute Gasteiger partial charge is 0.410 e. The number of likely N-dealkylation sites (tertiary alicyclic amines) is 1. The van der Waals surface area contributed by atoms with Gasteiger partial charge in [-0.3, -0.25) is 4.90 Å². The number of hydrogen-bond acceptors (Lipinski definition) is 8. The average molecular weight is 711 g/mol. The first-order chi connectivity index (χ1) is 25.3. The Bertz CT molecular complexity index is 1670. The summed E-state index contributed by atoms with van der Waals surface area (Å²) in [6, 6.07) is 33.2. The Balaban J connectivity index is 1.16. The van der Waals surface area contributed by atoms with E-state index in [1.165, 1.54) is 16.3 Å². The molecule has 9 heteroatoms. The topological polar surface area (TPSA) is 78.9 Å². The molecule has 2 aliphatic rings. The summed E-state index contributed by atoms with van der Waals surface area (Å²) in [6.07, 6.45) is -0.211. The Kier molecular flexibility index (Phi) is 13.6. The molecule has 0 N–H and O–H groups in total. The summed E-state index contributed by atoms with van der Waals surface area (Å²) in [5, 5.41) is 2.36. The molecule has 0 saturated carbocycles. The second kappa shape index (κ2) is 18.7. The van der Waals surface area contributed by atoms with Gasteiger partial charge in [0.2, 0.25) is 0 Å². The highest BCUT2D eigenvalue weighted by molar-refractivity contribution is 5.82. The monoisotopic (exact) mass is 710 g/mol. The van der Waals surface area contributed by atoms with Crippen LogP contribution < -0.4 is 4.74 Å². The zero-order valence-corrected chi connectivity index (χ0v) is 30.9. The van der Waals surface area contributed by atoms with Crippen molar-refractivity contribution in [3.8, 4) is 5.75 Å². The minimum Gasteiger partial charge on any atom is -0.494 e. The van der Waals surface area contributed by atoms with E-state index in [1.54, 1.807) is 4.90 Å². The number of rotatable bonds is 15. The molecule has 4 aromatic rings. The molecule has 1 amide bonds. The van der Waals surface area contributed by atoms with E-state index in [9.17, 15) is 4.79 Å². The van der Waals surface area contributed by atoms with Crippen molar-refractivity contribution in [1.29, 1.82) is 0 Å². The van der Waals surface area contributed by atoms with Crippen LogP contribution in [0.2, 0.25) is 0 Å². The SMILES string of the molecule is CC(C)(C)OC(=O)N1CC(OCCN2CCOCC2)C(c2ccc(OCCCOCc3ccccc3)cc2)C(OCc2ccc3ccccc3c2)C1. The largest absolute Gasteiger partial charge is 0.494 e. The summed E-state index contributed by atoms with van der Waals surface area (Å²) in [7, 11) is 0. The Hall–Kier alpha value is -3.99. The molecule has 0 spiro atoms. The number of benzene rings is 4. The molecule has 6 rings (SSSR count). The first-order valence-corrected chi connectivity index (χ1v) is 18.6. The molecule has 2 fully saturated rings. The number of fused-ring (bicyclic) bond motifs is 1. The highest BCUT2D eigenvalue weighted by atomic mass is 16.6. The van der Waals surface area contributed by atoms with E-state index in [4.69, 9.17) is 28.4 Å². The zero-order chi connectivity index (χ0) is 36.2. The van der Waals surface area contributed by atoms with E-state index in [0.29, 0.717) is 46.1 Å². The Morgan fingerprint density at radius 2 is 1.46 bits per heavy atom. The molecule has 0 radical (unpaired) electrons. The zero-order valence-electron chi connectivity index (χ0n) is 30.9. The van der Waals surface area contributed by atoms with Gasteiger partial charge in [-0.15, -0.1) is 0 Å². The van der Waals surface area contributed by atoms with Crippen molar-refractivity contribution in [2.45, 2.75) is 64.1 Å². The third-order valence-corrected chi connectivity index (χ3v) is 9.45. The van der Waals surface area contributed by atoms with Gasteiger partial charge in [0, 0.05) is 32.0 Å². The number of carbonyl (C=O) groups excluding carboxylic acids is 1. The Morgan fingerprint density at radius 3 is 2.21 bits per heavy atom. The fraction of sp³-hybridized carbons (Fsp3) is 0.465. The summed E-state index contributed by atoms with van der Waals surface area (Å²) in [6.45, 7) is 13.2. The molecule has 2 saturated heterocycles. The van der Waals surface area contributed by atoms with Crippen molar-refractivity contribution in [3.05, 3.63) is 114 Å². The lowest BCUT2D eigenvalue weighted by Gasteiger charge is -2.44. The molecular formula is C43H54N2O7. The molecule has 52 heavy (non-hydrogen) atoms. The van der Waals surface area contributed by atoms with Crippen LogP contribution in [0.3, 0.4) is 0 Å². The van der Waals surface area contributed by atoms with Crippen LogP contribution in [0.5, 0.6) is 5.75 Å². The Morgan fingerprint density at radius 1 is 0.750 bits per heavy atom. The van der Waals surface area contributed by atoms with Gasteiger partial charge >= 0.3 is 6.09 Å². The van der Waals surface area contributed by atoms with Gasteiger partial charge in [-0.05, 0) is 66.4 Å². The molecule has 278 valence electrons. The van der Waals surface area contributed by atoms with E-state index >= 15 is 0 Å². The summed E-state index contributed by atoms with van der Waals surface area (Å²) < 4.78 is 36.8. The van der Waals surface area contributed by atoms with Crippen LogP contribution in [0.1, 0.15) is 49.8 Å². The van der Waals surface area contributed by atoms with E-state index in [2.05, 4.69) is 65.6 Å². The minimum absolute atomic E-state index is 0.121. The van der Waals surface area contributed by atoms with Gasteiger partial charge in [0.05, 0.1) is 71.5 Å². The van der Waals surface area contributed by atoms with Gasteiger partial charge in [0.25, 0.3) is 0 Å². The molecule has 2 heterocycles. The second-order valence-electron chi connectivity index (χ2n) is 14.6. The van der Waals surface area contributed by atoms with E-state index in [1.807, 2.05) is 57.2 Å². The van der Waals surface area contributed by atoms with Gasteiger partial charge in [-0.1, -0.05) is 78.9 Å². The molecule has 0 bridgehead atoms. The normalized spacial score (nSPS) is 19.8. The van der Waals surface area contributed by atoms with Crippen molar-refractivity contribution in [2.75, 3.05) is 65.8 Å². The van der Waals surface area contributed by atoms with Crippen LogP contribution in [-0.2, 0) is 36.9 Å². The van der Waals surface area contributed by atoms with Gasteiger partial charge in [-0.25, -0.2) is 4.79 Å². The van der Waals surface area contributed by atoms with Crippen molar-refractivity contribution in [3.63, 3.8) is 0 Å². The van der Waals surface area contributed by atoms with Crippen molar-refractivity contribution < 1.29 is 33.2 Å². The molecule has 0 aliphatic carbocycles. The predicted molar refractivity (Wildman–Crippen MR) is 203 cm³/mol. The molecule has 2 aliphatic heterocycles. The number of morpholine rings is 1. The summed E-state index contributed by atoms with van der Waals surface area (Å²) in [5.74, 6) is 0.681. The molecule has 3 unspecified atom stereocenters. The van der Waals surface area contributed by atoms with Crippen LogP contribution in [0, 0.1) is 0 Å². The molecular weight excluding hydrogens is 656 g/mol. The average Bonchev–Trinajstić information content (AvgIpc) is 3.15. The van der Waals surface area contributed by atoms with Crippen molar-refractivity contribution in [1.82, 2.24) is 9.80 Å². The van der Waals surface area contributed by atoms with Gasteiger partial charge in [0.15, 0.2) is 0 Å². The number of nitrogens with zero attached hydrogens (tertiary/aromatic N) is 2. The molecule has 0 aromatic heterocycles. The van der Waals surface area contributed by atoms with Crippen LogP contribution in [0.25, 0.3) is 10.8 Å². The number of hydrogen-bond donors (Lipinski definition) is 0. The lowest BCUT2D eigenvalue weighted by atomic mass is 9.84. The van der Waals surface area contributed by atoms with Gasteiger partial charge < -0.3 is 33.3 Å². The third kappa shape index (κ3) is 11.3. The summed E-state index contributed by atoms with van der Waals surface area (Å²) in [4.78, 5) is 17.6. The van der Waals surface area contributed by atoms with Crippen LogP contribution in [0.15, 0.2) is 97.1 Å². The predicted octanol–water partition coefficient (Wildman–Crippen LogP) is 7.46. The highest BCUT2D eigenvalue weighted by Crippen LogP contribution is 2.35. The van der Waals surface area contributed by atoms with Crippen molar-refractivity contribution >= 4 is 16.9 Å². The van der Waals surface area contributed by atoms with Crippen LogP contribution >= 0.6 is 0 Å². The minimum atomic E-state index is -0.619. The second-order valence-corrected chi connectivity index (χ2v) is 14.6.